The Morgan fingerprint density at radius 1 is 1.09 bits per heavy atom. The summed E-state index contributed by atoms with van der Waals surface area (Å²) in [5, 5.41) is 9.69. The number of hydrogen-bond acceptors (Lipinski definition) is 6. The lowest BCUT2D eigenvalue weighted by Crippen LogP contribution is -2.11. The molecule has 0 radical (unpaired) electrons. The molecule has 0 aliphatic carbocycles. The van der Waals surface area contributed by atoms with Crippen LogP contribution in [0.1, 0.15) is 0 Å². The van der Waals surface area contributed by atoms with Gasteiger partial charge in [0.25, 0.3) is 10.0 Å². The molecule has 0 spiro atoms. The summed E-state index contributed by atoms with van der Waals surface area (Å²) in [6, 6.07) is 13.7. The van der Waals surface area contributed by atoms with E-state index in [1.807, 2.05) is 6.07 Å². The Morgan fingerprint density at radius 2 is 1.96 bits per heavy atom. The molecule has 2 heterocycles. The van der Waals surface area contributed by atoms with Gasteiger partial charge in [-0.15, -0.1) is 21.5 Å². The van der Waals surface area contributed by atoms with Crippen molar-refractivity contribution in [3.63, 3.8) is 0 Å². The Bertz CT molecular complexity index is 892. The van der Waals surface area contributed by atoms with E-state index in [0.717, 1.165) is 5.56 Å². The summed E-state index contributed by atoms with van der Waals surface area (Å²) in [7, 11) is -2.05. The van der Waals surface area contributed by atoms with E-state index in [9.17, 15) is 8.42 Å². The van der Waals surface area contributed by atoms with Crippen LogP contribution in [-0.4, -0.2) is 25.7 Å². The summed E-state index contributed by atoms with van der Waals surface area (Å²) < 4.78 is 32.3. The SMILES string of the molecule is COc1ccc(-c2cccc(NS(=O)(=O)c3cccs3)c2)nn1. The van der Waals surface area contributed by atoms with E-state index in [-0.39, 0.29) is 4.21 Å². The molecule has 3 aromatic rings. The fourth-order valence-electron chi connectivity index (χ4n) is 1.95. The van der Waals surface area contributed by atoms with Gasteiger partial charge >= 0.3 is 0 Å². The molecule has 118 valence electrons. The molecule has 2 aromatic heterocycles. The van der Waals surface area contributed by atoms with E-state index in [0.29, 0.717) is 17.3 Å². The molecule has 0 saturated heterocycles. The molecule has 1 aromatic carbocycles. The minimum absolute atomic E-state index is 0.271. The van der Waals surface area contributed by atoms with Gasteiger partial charge in [0.15, 0.2) is 0 Å². The van der Waals surface area contributed by atoms with E-state index in [4.69, 9.17) is 4.74 Å². The number of methoxy groups -OCH3 is 1. The highest BCUT2D eigenvalue weighted by Gasteiger charge is 2.15. The number of sulfonamides is 1. The van der Waals surface area contributed by atoms with Gasteiger partial charge in [0.2, 0.25) is 5.88 Å². The zero-order valence-electron chi connectivity index (χ0n) is 12.1. The van der Waals surface area contributed by atoms with Gasteiger partial charge in [-0.2, -0.15) is 0 Å². The van der Waals surface area contributed by atoms with Crippen LogP contribution in [0.4, 0.5) is 5.69 Å². The van der Waals surface area contributed by atoms with Crippen LogP contribution in [0.15, 0.2) is 58.1 Å². The van der Waals surface area contributed by atoms with Crippen LogP contribution in [0, 0.1) is 0 Å². The zero-order valence-corrected chi connectivity index (χ0v) is 13.8. The van der Waals surface area contributed by atoms with E-state index in [2.05, 4.69) is 14.9 Å². The van der Waals surface area contributed by atoms with Crippen molar-refractivity contribution in [3.05, 3.63) is 53.9 Å². The second-order valence-corrected chi connectivity index (χ2v) is 7.44. The predicted molar refractivity (Wildman–Crippen MR) is 89.1 cm³/mol. The molecular weight excluding hydrogens is 334 g/mol. The molecule has 0 bridgehead atoms. The second-order valence-electron chi connectivity index (χ2n) is 4.58. The van der Waals surface area contributed by atoms with Crippen molar-refractivity contribution in [2.75, 3.05) is 11.8 Å². The monoisotopic (exact) mass is 347 g/mol. The Balaban J connectivity index is 1.88. The third kappa shape index (κ3) is 3.49. The van der Waals surface area contributed by atoms with Crippen LogP contribution in [-0.2, 0) is 10.0 Å². The number of hydrogen-bond donors (Lipinski definition) is 1. The van der Waals surface area contributed by atoms with Crippen molar-refractivity contribution < 1.29 is 13.2 Å². The Morgan fingerprint density at radius 3 is 2.61 bits per heavy atom. The maximum Gasteiger partial charge on any atom is 0.271 e. The zero-order chi connectivity index (χ0) is 16.3. The van der Waals surface area contributed by atoms with Crippen molar-refractivity contribution in [1.82, 2.24) is 10.2 Å². The molecule has 0 fully saturated rings. The average molecular weight is 347 g/mol. The lowest BCUT2D eigenvalue weighted by atomic mass is 10.1. The normalized spacial score (nSPS) is 11.2. The smallest absolute Gasteiger partial charge is 0.271 e. The van der Waals surface area contributed by atoms with Crippen molar-refractivity contribution in [1.29, 1.82) is 0 Å². The lowest BCUT2D eigenvalue weighted by molar-refractivity contribution is 0.392. The van der Waals surface area contributed by atoms with Gasteiger partial charge < -0.3 is 4.74 Å². The van der Waals surface area contributed by atoms with Crippen molar-refractivity contribution >= 4 is 27.0 Å². The maximum atomic E-state index is 12.2. The van der Waals surface area contributed by atoms with Crippen LogP contribution in [0.2, 0.25) is 0 Å². The number of rotatable bonds is 5. The molecule has 8 heteroatoms. The molecule has 0 aliphatic rings. The quantitative estimate of drug-likeness (QED) is 0.767. The molecule has 0 amide bonds. The summed E-state index contributed by atoms with van der Waals surface area (Å²) in [5.41, 5.74) is 1.85. The minimum Gasteiger partial charge on any atom is -0.480 e. The van der Waals surface area contributed by atoms with Gasteiger partial charge in [0.1, 0.15) is 4.21 Å². The Hall–Kier alpha value is -2.45. The first-order valence-corrected chi connectivity index (χ1v) is 8.99. The van der Waals surface area contributed by atoms with E-state index in [1.165, 1.54) is 18.4 Å². The second kappa shape index (κ2) is 6.35. The van der Waals surface area contributed by atoms with Crippen LogP contribution < -0.4 is 9.46 Å². The van der Waals surface area contributed by atoms with E-state index < -0.39 is 10.0 Å². The topological polar surface area (TPSA) is 81.2 Å². The highest BCUT2D eigenvalue weighted by Crippen LogP contribution is 2.24. The van der Waals surface area contributed by atoms with Gasteiger partial charge in [-0.3, -0.25) is 4.72 Å². The molecule has 1 N–H and O–H groups in total. The predicted octanol–water partition coefficient (Wildman–Crippen LogP) is 3.01. The molecule has 0 saturated carbocycles. The Kier molecular flexibility index (Phi) is 4.26. The fourth-order valence-corrected chi connectivity index (χ4v) is 3.99. The van der Waals surface area contributed by atoms with E-state index in [1.54, 1.807) is 47.8 Å². The number of anilines is 1. The summed E-state index contributed by atoms with van der Waals surface area (Å²) in [4.78, 5) is 0. The van der Waals surface area contributed by atoms with Crippen molar-refractivity contribution in [2.45, 2.75) is 4.21 Å². The summed E-state index contributed by atoms with van der Waals surface area (Å²) in [6.45, 7) is 0. The minimum atomic E-state index is -3.57. The molecule has 0 unspecified atom stereocenters. The third-order valence-electron chi connectivity index (χ3n) is 3.02. The highest BCUT2D eigenvalue weighted by molar-refractivity contribution is 7.94. The number of benzene rings is 1. The molecule has 0 atom stereocenters. The molecule has 3 rings (SSSR count). The van der Waals surface area contributed by atoms with Crippen LogP contribution >= 0.6 is 11.3 Å². The fraction of sp³-hybridized carbons (Fsp3) is 0.0667. The number of aromatic nitrogens is 2. The van der Waals surface area contributed by atoms with Crippen LogP contribution in [0.25, 0.3) is 11.3 Å². The molecule has 0 aliphatic heterocycles. The summed E-state index contributed by atoms with van der Waals surface area (Å²) >= 11 is 1.17. The number of nitrogens with one attached hydrogen (secondary N) is 1. The molecule has 23 heavy (non-hydrogen) atoms. The lowest BCUT2D eigenvalue weighted by Gasteiger charge is -2.08. The first kappa shape index (κ1) is 15.4. The standard InChI is InChI=1S/C15H13N3O3S2/c1-21-14-8-7-13(16-17-14)11-4-2-5-12(10-11)18-23(19,20)15-6-3-9-22-15/h2-10,18H,1H3. The Labute approximate surface area is 137 Å². The van der Waals surface area contributed by atoms with Crippen LogP contribution in [0.5, 0.6) is 5.88 Å². The van der Waals surface area contributed by atoms with Crippen LogP contribution in [0.3, 0.4) is 0 Å². The summed E-state index contributed by atoms with van der Waals surface area (Å²) in [6.07, 6.45) is 0. The largest absolute Gasteiger partial charge is 0.480 e. The average Bonchev–Trinajstić information content (AvgIpc) is 3.10. The molecular formula is C15H13N3O3S2. The van der Waals surface area contributed by atoms with Gasteiger partial charge in [0, 0.05) is 17.3 Å². The van der Waals surface area contributed by atoms with Gasteiger partial charge in [-0.05, 0) is 29.6 Å². The first-order valence-electron chi connectivity index (χ1n) is 6.63. The number of nitrogens with zero attached hydrogens (tertiary/aromatic N) is 2. The number of ether oxygens (including phenoxy) is 1. The van der Waals surface area contributed by atoms with Crippen molar-refractivity contribution in [2.24, 2.45) is 0 Å². The van der Waals surface area contributed by atoms with Crippen molar-refractivity contribution in [3.8, 4) is 17.1 Å². The van der Waals surface area contributed by atoms with Gasteiger partial charge in [-0.1, -0.05) is 18.2 Å². The van der Waals surface area contributed by atoms with Gasteiger partial charge in [0.05, 0.1) is 12.8 Å². The summed E-state index contributed by atoms with van der Waals surface area (Å²) in [5.74, 6) is 0.420. The van der Waals surface area contributed by atoms with Gasteiger partial charge in [-0.25, -0.2) is 8.42 Å². The first-order chi connectivity index (χ1) is 11.1. The maximum absolute atomic E-state index is 12.2. The third-order valence-corrected chi connectivity index (χ3v) is 5.80. The van der Waals surface area contributed by atoms with E-state index >= 15 is 0 Å². The number of thiophene rings is 1. The molecule has 6 nitrogen and oxygen atoms in total. The highest BCUT2D eigenvalue weighted by atomic mass is 32.2.